The molecule has 14 heavy (non-hydrogen) atoms. The summed E-state index contributed by atoms with van der Waals surface area (Å²) in [5, 5.41) is 0. The van der Waals surface area contributed by atoms with Crippen molar-refractivity contribution < 1.29 is 4.79 Å². The number of hydrogen-bond acceptors (Lipinski definition) is 1. The molecule has 1 atom stereocenters. The summed E-state index contributed by atoms with van der Waals surface area (Å²) in [7, 11) is 0. The molecule has 0 aliphatic heterocycles. The van der Waals surface area contributed by atoms with Gasteiger partial charge in [0.2, 0.25) is 0 Å². The number of unbranched alkanes of at least 4 members (excludes halogenated alkanes) is 3. The fourth-order valence-corrected chi connectivity index (χ4v) is 1.66. The maximum Gasteiger partial charge on any atom is 0.119 e. The monoisotopic (exact) mass is 198 g/mol. The van der Waals surface area contributed by atoms with Crippen LogP contribution in [0.3, 0.4) is 0 Å². The molecule has 1 nitrogen and oxygen atoms in total. The third kappa shape index (κ3) is 9.76. The Morgan fingerprint density at radius 2 is 1.64 bits per heavy atom. The van der Waals surface area contributed by atoms with Gasteiger partial charge in [0.25, 0.3) is 0 Å². The van der Waals surface area contributed by atoms with Crippen molar-refractivity contribution in [3.05, 3.63) is 0 Å². The van der Waals surface area contributed by atoms with Crippen LogP contribution < -0.4 is 0 Å². The zero-order valence-electron chi connectivity index (χ0n) is 10.1. The topological polar surface area (TPSA) is 17.1 Å². The summed E-state index contributed by atoms with van der Waals surface area (Å²) >= 11 is 0. The predicted molar refractivity (Wildman–Crippen MR) is 62.4 cm³/mol. The van der Waals surface area contributed by atoms with Crippen LogP contribution in [-0.4, -0.2) is 6.29 Å². The summed E-state index contributed by atoms with van der Waals surface area (Å²) in [5.74, 6) is 1.71. The maximum atomic E-state index is 10.1. The van der Waals surface area contributed by atoms with E-state index in [0.29, 0.717) is 0 Å². The van der Waals surface area contributed by atoms with Crippen LogP contribution >= 0.6 is 0 Å². The second kappa shape index (κ2) is 9.23. The molecule has 0 aromatic carbocycles. The molecule has 0 bridgehead atoms. The van der Waals surface area contributed by atoms with Crippen LogP contribution in [-0.2, 0) is 4.79 Å². The van der Waals surface area contributed by atoms with Crippen molar-refractivity contribution in [2.75, 3.05) is 0 Å². The number of carbonyl (C=O) groups is 1. The maximum absolute atomic E-state index is 10.1. The molecule has 0 aliphatic rings. The van der Waals surface area contributed by atoms with Gasteiger partial charge in [0.15, 0.2) is 0 Å². The van der Waals surface area contributed by atoms with Gasteiger partial charge in [-0.2, -0.15) is 0 Å². The lowest BCUT2D eigenvalue weighted by molar-refractivity contribution is -0.107. The normalized spacial score (nSPS) is 13.1. The number of hydrogen-bond donors (Lipinski definition) is 0. The lowest BCUT2D eigenvalue weighted by Crippen LogP contribution is -1.98. The van der Waals surface area contributed by atoms with Gasteiger partial charge in [-0.3, -0.25) is 0 Å². The van der Waals surface area contributed by atoms with E-state index in [1.54, 1.807) is 0 Å². The van der Waals surface area contributed by atoms with Crippen LogP contribution in [0, 0.1) is 11.8 Å². The summed E-state index contributed by atoms with van der Waals surface area (Å²) in [6.45, 7) is 6.93. The number of rotatable bonds is 9. The van der Waals surface area contributed by atoms with Crippen molar-refractivity contribution in [1.82, 2.24) is 0 Å². The van der Waals surface area contributed by atoms with Crippen LogP contribution in [0.25, 0.3) is 0 Å². The molecule has 1 heteroatoms. The Morgan fingerprint density at radius 1 is 0.929 bits per heavy atom. The summed E-state index contributed by atoms with van der Waals surface area (Å²) in [6.07, 6.45) is 9.45. The Labute approximate surface area is 89.3 Å². The average molecular weight is 198 g/mol. The zero-order chi connectivity index (χ0) is 10.8. The first kappa shape index (κ1) is 13.7. The summed E-state index contributed by atoms with van der Waals surface area (Å²) in [4.78, 5) is 10.1. The number of aldehydes is 1. The van der Waals surface area contributed by atoms with Gasteiger partial charge in [0, 0.05) is 6.42 Å². The van der Waals surface area contributed by atoms with Gasteiger partial charge < -0.3 is 4.79 Å². The molecule has 0 spiro atoms. The van der Waals surface area contributed by atoms with E-state index in [-0.39, 0.29) is 0 Å². The SMILES string of the molecule is CC(C)CCC(C)CCCCCC=O. The van der Waals surface area contributed by atoms with Gasteiger partial charge in [0.05, 0.1) is 0 Å². The predicted octanol–water partition coefficient (Wildman–Crippen LogP) is 4.21. The Hall–Kier alpha value is -0.330. The molecule has 0 saturated carbocycles. The highest BCUT2D eigenvalue weighted by Crippen LogP contribution is 2.17. The zero-order valence-corrected chi connectivity index (χ0v) is 10.1. The molecule has 0 fully saturated rings. The molecule has 1 unspecified atom stereocenters. The molecule has 0 aromatic heterocycles. The molecular weight excluding hydrogens is 172 g/mol. The van der Waals surface area contributed by atoms with Crippen molar-refractivity contribution >= 4 is 6.29 Å². The Balaban J connectivity index is 3.17. The van der Waals surface area contributed by atoms with Crippen LogP contribution in [0.15, 0.2) is 0 Å². The third-order valence-electron chi connectivity index (χ3n) is 2.76. The van der Waals surface area contributed by atoms with Crippen molar-refractivity contribution in [2.24, 2.45) is 11.8 Å². The molecule has 0 rings (SSSR count). The molecule has 0 amide bonds. The second-order valence-corrected chi connectivity index (χ2v) is 4.88. The minimum absolute atomic E-state index is 0.750. The standard InChI is InChI=1S/C13H26O/c1-12(2)9-10-13(3)8-6-4-5-7-11-14/h11-13H,4-10H2,1-3H3. The van der Waals surface area contributed by atoms with E-state index in [9.17, 15) is 4.79 Å². The highest BCUT2D eigenvalue weighted by atomic mass is 16.1. The van der Waals surface area contributed by atoms with E-state index in [2.05, 4.69) is 20.8 Å². The summed E-state index contributed by atoms with van der Waals surface area (Å²) < 4.78 is 0. The van der Waals surface area contributed by atoms with Gasteiger partial charge >= 0.3 is 0 Å². The molecular formula is C13H26O. The van der Waals surface area contributed by atoms with Crippen molar-refractivity contribution in [1.29, 1.82) is 0 Å². The van der Waals surface area contributed by atoms with E-state index in [4.69, 9.17) is 0 Å². The van der Waals surface area contributed by atoms with Gasteiger partial charge in [-0.05, 0) is 18.3 Å². The first-order valence-electron chi connectivity index (χ1n) is 6.10. The molecule has 0 heterocycles. The van der Waals surface area contributed by atoms with E-state index in [1.165, 1.54) is 32.1 Å². The average Bonchev–Trinajstić information content (AvgIpc) is 2.14. The van der Waals surface area contributed by atoms with Gasteiger partial charge in [-0.1, -0.05) is 52.9 Å². The molecule has 0 aliphatic carbocycles. The first-order chi connectivity index (χ1) is 6.66. The van der Waals surface area contributed by atoms with Crippen molar-refractivity contribution in [2.45, 2.75) is 65.7 Å². The van der Waals surface area contributed by atoms with E-state index < -0.39 is 0 Å². The quantitative estimate of drug-likeness (QED) is 0.400. The number of carbonyl (C=O) groups excluding carboxylic acids is 1. The first-order valence-corrected chi connectivity index (χ1v) is 6.10. The molecule has 0 N–H and O–H groups in total. The second-order valence-electron chi connectivity index (χ2n) is 4.88. The third-order valence-corrected chi connectivity index (χ3v) is 2.76. The van der Waals surface area contributed by atoms with E-state index >= 15 is 0 Å². The van der Waals surface area contributed by atoms with E-state index in [1.807, 2.05) is 0 Å². The lowest BCUT2D eigenvalue weighted by atomic mass is 9.94. The molecule has 0 saturated heterocycles. The summed E-state index contributed by atoms with van der Waals surface area (Å²) in [6, 6.07) is 0. The van der Waals surface area contributed by atoms with Crippen LogP contribution in [0.5, 0.6) is 0 Å². The van der Waals surface area contributed by atoms with Crippen LogP contribution in [0.2, 0.25) is 0 Å². The minimum Gasteiger partial charge on any atom is -0.303 e. The highest BCUT2D eigenvalue weighted by molar-refractivity contribution is 5.48. The van der Waals surface area contributed by atoms with Gasteiger partial charge in [-0.15, -0.1) is 0 Å². The highest BCUT2D eigenvalue weighted by Gasteiger charge is 2.03. The lowest BCUT2D eigenvalue weighted by Gasteiger charge is -2.12. The summed E-state index contributed by atoms with van der Waals surface area (Å²) in [5.41, 5.74) is 0. The Bertz CT molecular complexity index is 129. The Kier molecular flexibility index (Phi) is 9.02. The van der Waals surface area contributed by atoms with Crippen LogP contribution in [0.1, 0.15) is 65.7 Å². The Morgan fingerprint density at radius 3 is 2.21 bits per heavy atom. The fraction of sp³-hybridized carbons (Fsp3) is 0.923. The smallest absolute Gasteiger partial charge is 0.119 e. The fourth-order valence-electron chi connectivity index (χ4n) is 1.66. The van der Waals surface area contributed by atoms with E-state index in [0.717, 1.165) is 31.0 Å². The largest absolute Gasteiger partial charge is 0.303 e. The molecule has 84 valence electrons. The van der Waals surface area contributed by atoms with Gasteiger partial charge in [0.1, 0.15) is 6.29 Å². The minimum atomic E-state index is 0.750. The van der Waals surface area contributed by atoms with Crippen molar-refractivity contribution in [3.63, 3.8) is 0 Å². The van der Waals surface area contributed by atoms with Crippen molar-refractivity contribution in [3.8, 4) is 0 Å². The molecule has 0 radical (unpaired) electrons. The molecule has 0 aromatic rings. The van der Waals surface area contributed by atoms with Crippen LogP contribution in [0.4, 0.5) is 0 Å². The van der Waals surface area contributed by atoms with Gasteiger partial charge in [-0.25, -0.2) is 0 Å².